The van der Waals surface area contributed by atoms with Gasteiger partial charge in [-0.25, -0.2) is 13.1 Å². The van der Waals surface area contributed by atoms with E-state index in [9.17, 15) is 26.4 Å². The number of fused-ring (bicyclic) bond motifs is 1. The standard InChI is InChI=1S/C31H35ClF3N3O3S/c1-30(2,3)36-19-20-10-15-26-22(16-20)6-4-9-27(26)37-29(39)18-28(21-11-13-24(32)14-12-21)38-42(40,41)25-8-5-7-23(17-25)31(33,34)35/h5,7-8,10-17,27-28,36,38H,4,6,9,18-19H2,1-3H3,(H,37,39). The van der Waals surface area contributed by atoms with Crippen molar-refractivity contribution in [2.75, 3.05) is 0 Å². The first-order valence-electron chi connectivity index (χ1n) is 13.7. The lowest BCUT2D eigenvalue weighted by Gasteiger charge is -2.28. The third-order valence-electron chi connectivity index (χ3n) is 7.11. The SMILES string of the molecule is CC(C)(C)NCc1ccc2c(c1)CCCC2NC(=O)CC(NS(=O)(=O)c1cccc(C(F)(F)F)c1)c1ccc(Cl)cc1. The molecule has 1 aliphatic rings. The van der Waals surface area contributed by atoms with Gasteiger partial charge in [-0.15, -0.1) is 0 Å². The Balaban J connectivity index is 1.53. The number of hydrogen-bond donors (Lipinski definition) is 3. The van der Waals surface area contributed by atoms with Crippen molar-refractivity contribution < 1.29 is 26.4 Å². The van der Waals surface area contributed by atoms with Crippen LogP contribution in [0.25, 0.3) is 0 Å². The Morgan fingerprint density at radius 3 is 2.40 bits per heavy atom. The Morgan fingerprint density at radius 2 is 1.74 bits per heavy atom. The summed E-state index contributed by atoms with van der Waals surface area (Å²) in [4.78, 5) is 12.8. The number of rotatable bonds is 9. The third-order valence-corrected chi connectivity index (χ3v) is 8.83. The van der Waals surface area contributed by atoms with E-state index in [4.69, 9.17) is 11.6 Å². The van der Waals surface area contributed by atoms with Crippen LogP contribution in [0.2, 0.25) is 5.02 Å². The monoisotopic (exact) mass is 621 g/mol. The van der Waals surface area contributed by atoms with Crippen molar-refractivity contribution >= 4 is 27.5 Å². The van der Waals surface area contributed by atoms with E-state index in [-0.39, 0.29) is 18.0 Å². The first kappa shape index (κ1) is 32.0. The molecular weight excluding hydrogens is 587 g/mol. The molecule has 0 saturated heterocycles. The summed E-state index contributed by atoms with van der Waals surface area (Å²) in [7, 11) is -4.42. The molecule has 6 nitrogen and oxygen atoms in total. The number of halogens is 4. The number of benzene rings is 3. The van der Waals surface area contributed by atoms with E-state index < -0.39 is 38.6 Å². The molecule has 3 aromatic rings. The second kappa shape index (κ2) is 12.8. The minimum atomic E-state index is -4.71. The third kappa shape index (κ3) is 8.56. The van der Waals surface area contributed by atoms with Crippen LogP contribution >= 0.6 is 11.6 Å². The van der Waals surface area contributed by atoms with E-state index in [0.29, 0.717) is 16.7 Å². The summed E-state index contributed by atoms with van der Waals surface area (Å²) in [5.74, 6) is -0.391. The predicted molar refractivity (Wildman–Crippen MR) is 157 cm³/mol. The van der Waals surface area contributed by atoms with Gasteiger partial charge in [-0.1, -0.05) is 48.0 Å². The van der Waals surface area contributed by atoms with Crippen LogP contribution < -0.4 is 15.4 Å². The van der Waals surface area contributed by atoms with Crippen molar-refractivity contribution in [3.05, 3.63) is 99.6 Å². The van der Waals surface area contributed by atoms with Crippen molar-refractivity contribution in [3.8, 4) is 0 Å². The summed E-state index contributed by atoms with van der Waals surface area (Å²) >= 11 is 6.01. The summed E-state index contributed by atoms with van der Waals surface area (Å²) in [6.45, 7) is 7.04. The van der Waals surface area contributed by atoms with E-state index in [0.717, 1.165) is 55.1 Å². The Kier molecular flexibility index (Phi) is 9.72. The molecule has 0 aliphatic heterocycles. The Bertz CT molecular complexity index is 1520. The first-order chi connectivity index (χ1) is 19.6. The van der Waals surface area contributed by atoms with E-state index in [1.807, 2.05) is 12.1 Å². The molecule has 0 radical (unpaired) electrons. The van der Waals surface area contributed by atoms with Crippen LogP contribution in [-0.2, 0) is 34.0 Å². The molecule has 3 N–H and O–H groups in total. The molecule has 2 unspecified atom stereocenters. The quantitative estimate of drug-likeness (QED) is 0.244. The minimum absolute atomic E-state index is 0.0182. The zero-order valence-corrected chi connectivity index (χ0v) is 25.3. The van der Waals surface area contributed by atoms with Crippen LogP contribution in [0.15, 0.2) is 71.6 Å². The molecule has 0 fully saturated rings. The van der Waals surface area contributed by atoms with E-state index >= 15 is 0 Å². The number of nitrogens with one attached hydrogen (secondary N) is 3. The normalized spacial score (nSPS) is 16.5. The maximum atomic E-state index is 13.3. The maximum absolute atomic E-state index is 13.3. The molecule has 226 valence electrons. The highest BCUT2D eigenvalue weighted by Crippen LogP contribution is 2.33. The topological polar surface area (TPSA) is 87.3 Å². The van der Waals surface area contributed by atoms with Gasteiger partial charge >= 0.3 is 6.18 Å². The van der Waals surface area contributed by atoms with Crippen LogP contribution in [0.5, 0.6) is 0 Å². The van der Waals surface area contributed by atoms with Crippen LogP contribution in [0, 0.1) is 0 Å². The number of hydrogen-bond acceptors (Lipinski definition) is 4. The number of amides is 1. The zero-order chi connectivity index (χ0) is 30.7. The molecule has 1 aliphatic carbocycles. The van der Waals surface area contributed by atoms with Crippen molar-refractivity contribution in [2.24, 2.45) is 0 Å². The molecule has 0 bridgehead atoms. The number of alkyl halides is 3. The maximum Gasteiger partial charge on any atom is 0.416 e. The Hall–Kier alpha value is -2.92. The zero-order valence-electron chi connectivity index (χ0n) is 23.7. The van der Waals surface area contributed by atoms with Gasteiger partial charge in [0, 0.05) is 23.5 Å². The fourth-order valence-electron chi connectivity index (χ4n) is 4.95. The molecule has 11 heteroatoms. The summed E-state index contributed by atoms with van der Waals surface area (Å²) in [5, 5.41) is 6.95. The Labute approximate surface area is 250 Å². The van der Waals surface area contributed by atoms with Crippen molar-refractivity contribution in [1.29, 1.82) is 0 Å². The molecule has 1 amide bonds. The summed E-state index contributed by atoms with van der Waals surface area (Å²) in [6.07, 6.45) is -2.45. The second-order valence-corrected chi connectivity index (χ2v) is 13.8. The minimum Gasteiger partial charge on any atom is -0.349 e. The average Bonchev–Trinajstić information content (AvgIpc) is 2.91. The summed E-state index contributed by atoms with van der Waals surface area (Å²) in [5.41, 5.74) is 2.70. The molecule has 2 atom stereocenters. The summed E-state index contributed by atoms with van der Waals surface area (Å²) < 4.78 is 68.6. The van der Waals surface area contributed by atoms with Gasteiger partial charge in [-0.3, -0.25) is 4.79 Å². The van der Waals surface area contributed by atoms with Gasteiger partial charge in [0.2, 0.25) is 15.9 Å². The molecular formula is C31H35ClF3N3O3S. The highest BCUT2D eigenvalue weighted by Gasteiger charge is 2.33. The lowest BCUT2D eigenvalue weighted by Crippen LogP contribution is -2.36. The van der Waals surface area contributed by atoms with E-state index in [2.05, 4.69) is 42.2 Å². The molecule has 42 heavy (non-hydrogen) atoms. The Morgan fingerprint density at radius 1 is 1.02 bits per heavy atom. The molecule has 0 aromatic heterocycles. The average molecular weight is 622 g/mol. The van der Waals surface area contributed by atoms with E-state index in [1.165, 1.54) is 5.56 Å². The van der Waals surface area contributed by atoms with Gasteiger partial charge in [-0.05, 0) is 92.6 Å². The molecule has 0 saturated carbocycles. The number of aryl methyl sites for hydroxylation is 1. The van der Waals surface area contributed by atoms with Gasteiger partial charge in [0.05, 0.1) is 22.5 Å². The van der Waals surface area contributed by atoms with Gasteiger partial charge in [0.25, 0.3) is 0 Å². The fraction of sp³-hybridized carbons (Fsp3) is 0.387. The van der Waals surface area contributed by atoms with Crippen LogP contribution in [0.1, 0.15) is 79.9 Å². The van der Waals surface area contributed by atoms with Crippen LogP contribution in [-0.4, -0.2) is 19.9 Å². The van der Waals surface area contributed by atoms with Gasteiger partial charge in [-0.2, -0.15) is 13.2 Å². The van der Waals surface area contributed by atoms with Crippen LogP contribution in [0.4, 0.5) is 13.2 Å². The van der Waals surface area contributed by atoms with Crippen LogP contribution in [0.3, 0.4) is 0 Å². The van der Waals surface area contributed by atoms with Crippen molar-refractivity contribution in [3.63, 3.8) is 0 Å². The van der Waals surface area contributed by atoms with Crippen molar-refractivity contribution in [2.45, 2.75) is 81.7 Å². The summed E-state index contributed by atoms with van der Waals surface area (Å²) in [6, 6.07) is 14.7. The molecule has 0 spiro atoms. The van der Waals surface area contributed by atoms with Gasteiger partial charge < -0.3 is 10.6 Å². The number of carbonyl (C=O) groups excluding carboxylic acids is 1. The first-order valence-corrected chi connectivity index (χ1v) is 15.6. The number of carbonyl (C=O) groups is 1. The van der Waals surface area contributed by atoms with Gasteiger partial charge in [0.15, 0.2) is 0 Å². The highest BCUT2D eigenvalue weighted by molar-refractivity contribution is 7.89. The lowest BCUT2D eigenvalue weighted by atomic mass is 9.86. The lowest BCUT2D eigenvalue weighted by molar-refractivity contribution is -0.137. The molecule has 3 aromatic carbocycles. The van der Waals surface area contributed by atoms with Crippen molar-refractivity contribution in [1.82, 2.24) is 15.4 Å². The largest absolute Gasteiger partial charge is 0.416 e. The predicted octanol–water partition coefficient (Wildman–Crippen LogP) is 6.85. The smallest absolute Gasteiger partial charge is 0.349 e. The molecule has 4 rings (SSSR count). The second-order valence-electron chi connectivity index (χ2n) is 11.6. The van der Waals surface area contributed by atoms with E-state index in [1.54, 1.807) is 24.3 Å². The fourth-order valence-corrected chi connectivity index (χ4v) is 6.35. The molecule has 0 heterocycles. The highest BCUT2D eigenvalue weighted by atomic mass is 35.5. The van der Waals surface area contributed by atoms with Gasteiger partial charge in [0.1, 0.15) is 0 Å². The number of sulfonamides is 1.